The second-order valence-corrected chi connectivity index (χ2v) is 8.38. The number of nitrogens with zero attached hydrogens (tertiary/aromatic N) is 5. The maximum absolute atomic E-state index is 13.7. The number of benzene rings is 1. The summed E-state index contributed by atoms with van der Waals surface area (Å²) < 4.78 is 21.3. The Labute approximate surface area is 178 Å². The second-order valence-electron chi connectivity index (χ2n) is 8.38. The van der Waals surface area contributed by atoms with Crippen molar-refractivity contribution in [2.24, 2.45) is 0 Å². The molecule has 0 unspecified atom stereocenters. The lowest BCUT2D eigenvalue weighted by molar-refractivity contribution is 0.0854. The molecule has 0 aliphatic carbocycles. The highest BCUT2D eigenvalue weighted by molar-refractivity contribution is 5.69. The Morgan fingerprint density at radius 1 is 1.13 bits per heavy atom. The summed E-state index contributed by atoms with van der Waals surface area (Å²) in [6, 6.07) is 7.08. The highest BCUT2D eigenvalue weighted by Crippen LogP contribution is 2.36. The normalized spacial score (nSPS) is 16.9. The van der Waals surface area contributed by atoms with Crippen molar-refractivity contribution in [3.05, 3.63) is 64.9 Å². The van der Waals surface area contributed by atoms with E-state index in [4.69, 9.17) is 14.8 Å². The molecule has 2 aliphatic heterocycles. The summed E-state index contributed by atoms with van der Waals surface area (Å²) in [5.74, 6) is 1.06. The van der Waals surface area contributed by atoms with E-state index >= 15 is 0 Å². The largest absolute Gasteiger partial charge is 0.381 e. The molecule has 5 heterocycles. The van der Waals surface area contributed by atoms with Gasteiger partial charge in [-0.05, 0) is 48.9 Å². The fourth-order valence-electron chi connectivity index (χ4n) is 4.87. The zero-order valence-electron chi connectivity index (χ0n) is 17.3. The highest BCUT2D eigenvalue weighted by Gasteiger charge is 2.27. The monoisotopic (exact) mass is 418 g/mol. The Bertz CT molecular complexity index is 1260. The Balaban J connectivity index is 1.51. The van der Waals surface area contributed by atoms with Crippen molar-refractivity contribution in [1.29, 1.82) is 0 Å². The van der Waals surface area contributed by atoms with Crippen LogP contribution in [-0.4, -0.2) is 38.0 Å². The number of anilines is 1. The SMILES string of the molecule is Cc1nn2c(-c3cn[nH]c3)cc(N3Cc4ccc(F)cc4C3)nc2c1C1CCOCC1. The summed E-state index contributed by atoms with van der Waals surface area (Å²) in [6.07, 6.45) is 5.63. The molecule has 31 heavy (non-hydrogen) atoms. The molecule has 1 saturated heterocycles. The first-order valence-corrected chi connectivity index (χ1v) is 10.7. The number of aromatic amines is 1. The zero-order chi connectivity index (χ0) is 20.9. The quantitative estimate of drug-likeness (QED) is 0.545. The van der Waals surface area contributed by atoms with Gasteiger partial charge in [0.25, 0.3) is 0 Å². The van der Waals surface area contributed by atoms with E-state index in [-0.39, 0.29) is 5.82 Å². The van der Waals surface area contributed by atoms with Crippen molar-refractivity contribution in [1.82, 2.24) is 24.8 Å². The number of aryl methyl sites for hydroxylation is 1. The van der Waals surface area contributed by atoms with E-state index in [1.807, 2.05) is 16.8 Å². The molecule has 4 aromatic rings. The van der Waals surface area contributed by atoms with Gasteiger partial charge in [-0.1, -0.05) is 6.07 Å². The van der Waals surface area contributed by atoms with E-state index in [1.54, 1.807) is 12.3 Å². The average molecular weight is 418 g/mol. The van der Waals surface area contributed by atoms with Crippen molar-refractivity contribution in [3.8, 4) is 11.3 Å². The van der Waals surface area contributed by atoms with Gasteiger partial charge in [0.2, 0.25) is 0 Å². The summed E-state index contributed by atoms with van der Waals surface area (Å²) in [7, 11) is 0. The molecule has 0 amide bonds. The van der Waals surface area contributed by atoms with E-state index in [9.17, 15) is 4.39 Å². The van der Waals surface area contributed by atoms with Crippen molar-refractivity contribution >= 4 is 11.5 Å². The molecule has 0 atom stereocenters. The van der Waals surface area contributed by atoms with Gasteiger partial charge in [0.05, 0.1) is 17.6 Å². The van der Waals surface area contributed by atoms with Gasteiger partial charge in [0.15, 0.2) is 5.65 Å². The highest BCUT2D eigenvalue weighted by atomic mass is 19.1. The molecular formula is C23H23FN6O. The molecule has 3 aromatic heterocycles. The maximum Gasteiger partial charge on any atom is 0.161 e. The lowest BCUT2D eigenvalue weighted by atomic mass is 9.92. The van der Waals surface area contributed by atoms with Gasteiger partial charge in [0.1, 0.15) is 11.6 Å². The van der Waals surface area contributed by atoms with Crippen LogP contribution in [0.4, 0.5) is 10.2 Å². The first-order chi connectivity index (χ1) is 15.2. The molecule has 1 fully saturated rings. The van der Waals surface area contributed by atoms with Gasteiger partial charge in [-0.15, -0.1) is 0 Å². The summed E-state index contributed by atoms with van der Waals surface area (Å²) in [4.78, 5) is 7.29. The van der Waals surface area contributed by atoms with E-state index in [0.717, 1.165) is 65.6 Å². The van der Waals surface area contributed by atoms with E-state index in [0.29, 0.717) is 19.0 Å². The van der Waals surface area contributed by atoms with Crippen LogP contribution in [0, 0.1) is 12.7 Å². The Morgan fingerprint density at radius 2 is 1.97 bits per heavy atom. The summed E-state index contributed by atoms with van der Waals surface area (Å²) >= 11 is 0. The molecule has 2 aliphatic rings. The van der Waals surface area contributed by atoms with Crippen LogP contribution >= 0.6 is 0 Å². The smallest absolute Gasteiger partial charge is 0.161 e. The van der Waals surface area contributed by atoms with Crippen LogP contribution in [0.3, 0.4) is 0 Å². The third-order valence-electron chi connectivity index (χ3n) is 6.43. The average Bonchev–Trinajstić information content (AvgIpc) is 3.51. The molecule has 0 radical (unpaired) electrons. The number of ether oxygens (including phenoxy) is 1. The fraction of sp³-hybridized carbons (Fsp3) is 0.348. The van der Waals surface area contributed by atoms with E-state index < -0.39 is 0 Å². The number of hydrogen-bond acceptors (Lipinski definition) is 5. The molecule has 1 aromatic carbocycles. The van der Waals surface area contributed by atoms with Crippen LogP contribution in [0.25, 0.3) is 16.9 Å². The topological polar surface area (TPSA) is 71.3 Å². The fourth-order valence-corrected chi connectivity index (χ4v) is 4.87. The van der Waals surface area contributed by atoms with Gasteiger partial charge in [-0.25, -0.2) is 13.9 Å². The van der Waals surface area contributed by atoms with Crippen molar-refractivity contribution in [2.75, 3.05) is 18.1 Å². The number of hydrogen-bond donors (Lipinski definition) is 1. The van der Waals surface area contributed by atoms with Crippen LogP contribution in [0.1, 0.15) is 41.1 Å². The molecule has 0 saturated carbocycles. The van der Waals surface area contributed by atoms with Gasteiger partial charge < -0.3 is 9.64 Å². The van der Waals surface area contributed by atoms with Crippen molar-refractivity contribution < 1.29 is 9.13 Å². The number of aromatic nitrogens is 5. The van der Waals surface area contributed by atoms with Crippen molar-refractivity contribution in [3.63, 3.8) is 0 Å². The number of halogens is 1. The number of H-pyrrole nitrogens is 1. The first-order valence-electron chi connectivity index (χ1n) is 10.7. The minimum absolute atomic E-state index is 0.198. The minimum atomic E-state index is -0.198. The molecule has 158 valence electrons. The van der Waals surface area contributed by atoms with Crippen LogP contribution in [0.5, 0.6) is 0 Å². The maximum atomic E-state index is 13.7. The lowest BCUT2D eigenvalue weighted by Gasteiger charge is -2.22. The van der Waals surface area contributed by atoms with Gasteiger partial charge in [0, 0.05) is 49.7 Å². The lowest BCUT2D eigenvalue weighted by Crippen LogP contribution is -2.18. The summed E-state index contributed by atoms with van der Waals surface area (Å²) in [6.45, 7) is 4.95. The standard InChI is InChI=1S/C23H23FN6O/c1-14-22(15-4-6-31-7-5-15)23-27-21(9-20(30(23)28-14)18-10-25-26-11-18)29-12-16-2-3-19(24)8-17(16)13-29/h2-3,8-11,15H,4-7,12-13H2,1H3,(H,25,26). The molecule has 0 spiro atoms. The molecule has 1 N–H and O–H groups in total. The van der Waals surface area contributed by atoms with Gasteiger partial charge >= 0.3 is 0 Å². The first kappa shape index (κ1) is 18.5. The Morgan fingerprint density at radius 3 is 2.77 bits per heavy atom. The minimum Gasteiger partial charge on any atom is -0.381 e. The van der Waals surface area contributed by atoms with E-state index in [2.05, 4.69) is 28.1 Å². The predicted octanol–water partition coefficient (Wildman–Crippen LogP) is 3.98. The van der Waals surface area contributed by atoms with E-state index in [1.165, 1.54) is 11.6 Å². The number of nitrogens with one attached hydrogen (secondary N) is 1. The van der Waals surface area contributed by atoms with Crippen LogP contribution in [0.2, 0.25) is 0 Å². The Hall–Kier alpha value is -3.26. The van der Waals surface area contributed by atoms with Crippen molar-refractivity contribution in [2.45, 2.75) is 38.8 Å². The third kappa shape index (κ3) is 3.09. The summed E-state index contributed by atoms with van der Waals surface area (Å²) in [5, 5.41) is 11.9. The molecule has 8 heteroatoms. The molecule has 6 rings (SSSR count). The summed E-state index contributed by atoms with van der Waals surface area (Å²) in [5.41, 5.74) is 7.16. The zero-order valence-corrected chi connectivity index (χ0v) is 17.3. The third-order valence-corrected chi connectivity index (χ3v) is 6.43. The van der Waals surface area contributed by atoms with Gasteiger partial charge in [-0.2, -0.15) is 10.2 Å². The van der Waals surface area contributed by atoms with Crippen LogP contribution in [0.15, 0.2) is 36.7 Å². The number of rotatable bonds is 3. The molecular weight excluding hydrogens is 395 g/mol. The molecule has 7 nitrogen and oxygen atoms in total. The van der Waals surface area contributed by atoms with Gasteiger partial charge in [-0.3, -0.25) is 5.10 Å². The van der Waals surface area contributed by atoms with Crippen LogP contribution in [-0.2, 0) is 17.8 Å². The number of fused-ring (bicyclic) bond motifs is 2. The van der Waals surface area contributed by atoms with Crippen LogP contribution < -0.4 is 4.90 Å². The Kier molecular flexibility index (Phi) is 4.27. The second kappa shape index (κ2) is 7.16. The predicted molar refractivity (Wildman–Crippen MR) is 114 cm³/mol. The molecule has 0 bridgehead atoms.